The minimum Gasteiger partial charge on any atom is -0.469 e. The lowest BCUT2D eigenvalue weighted by Crippen LogP contribution is -2.42. The molecule has 1 saturated heterocycles. The van der Waals surface area contributed by atoms with Crippen LogP contribution >= 0.6 is 12.4 Å². The number of nitrogens with one attached hydrogen (secondary N) is 2. The first-order chi connectivity index (χ1) is 17.9. The summed E-state index contributed by atoms with van der Waals surface area (Å²) >= 11 is 0. The van der Waals surface area contributed by atoms with Crippen LogP contribution in [0.4, 0.5) is 0 Å². The summed E-state index contributed by atoms with van der Waals surface area (Å²) in [5.74, 6) is -1.20. The van der Waals surface area contributed by atoms with Gasteiger partial charge in [-0.25, -0.2) is 0 Å². The maximum Gasteiger partial charge on any atom is 0.306 e. The highest BCUT2D eigenvalue weighted by Gasteiger charge is 2.40. The number of nitrogens with zero attached hydrogens (tertiary/aromatic N) is 1. The van der Waals surface area contributed by atoms with Crippen LogP contribution in [0.15, 0.2) is 66.7 Å². The summed E-state index contributed by atoms with van der Waals surface area (Å²) in [7, 11) is 1.32. The molecule has 0 aromatic heterocycles. The fourth-order valence-electron chi connectivity index (χ4n) is 4.88. The van der Waals surface area contributed by atoms with Gasteiger partial charge in [-0.05, 0) is 53.8 Å². The van der Waals surface area contributed by atoms with E-state index >= 15 is 0 Å². The molecule has 4 N–H and O–H groups in total. The van der Waals surface area contributed by atoms with Gasteiger partial charge in [-0.3, -0.25) is 19.8 Å². The summed E-state index contributed by atoms with van der Waals surface area (Å²) in [6.07, 6.45) is 2.15. The molecular weight excluding hydrogens is 504 g/mol. The second-order valence-electron chi connectivity index (χ2n) is 9.39. The molecular formula is C29H33ClN4O4. The number of hydrogen-bond donors (Lipinski definition) is 3. The van der Waals surface area contributed by atoms with E-state index in [0.29, 0.717) is 30.6 Å². The van der Waals surface area contributed by atoms with Crippen LogP contribution in [0.3, 0.4) is 0 Å². The molecule has 0 saturated carbocycles. The van der Waals surface area contributed by atoms with Gasteiger partial charge in [0, 0.05) is 30.3 Å². The molecule has 1 aliphatic rings. The Balaban J connectivity index is 0.00000400. The third-order valence-electron chi connectivity index (χ3n) is 6.89. The molecule has 1 aliphatic heterocycles. The van der Waals surface area contributed by atoms with Gasteiger partial charge in [0.2, 0.25) is 5.91 Å². The number of amides is 2. The largest absolute Gasteiger partial charge is 0.469 e. The molecule has 38 heavy (non-hydrogen) atoms. The average molecular weight is 537 g/mol. The molecule has 200 valence electrons. The van der Waals surface area contributed by atoms with Gasteiger partial charge in [-0.1, -0.05) is 48.5 Å². The highest BCUT2D eigenvalue weighted by Crippen LogP contribution is 2.28. The lowest BCUT2D eigenvalue weighted by molar-refractivity contribution is -0.144. The van der Waals surface area contributed by atoms with Gasteiger partial charge in [-0.15, -0.1) is 12.4 Å². The molecule has 2 amide bonds. The minimum absolute atomic E-state index is 0. The number of likely N-dealkylation sites (tertiary alicyclic amines) is 1. The minimum atomic E-state index is -0.447. The number of methoxy groups -OCH3 is 1. The first-order valence-electron chi connectivity index (χ1n) is 12.4. The van der Waals surface area contributed by atoms with Crippen LogP contribution in [-0.2, 0) is 20.7 Å². The molecule has 0 radical (unpaired) electrons. The molecule has 3 aromatic rings. The van der Waals surface area contributed by atoms with Crippen LogP contribution in [0.2, 0.25) is 0 Å². The second kappa shape index (κ2) is 13.1. The number of carbonyl (C=O) groups excluding carboxylic acids is 3. The third-order valence-corrected chi connectivity index (χ3v) is 6.89. The summed E-state index contributed by atoms with van der Waals surface area (Å²) in [6.45, 7) is 0.842. The number of hydrogen-bond acceptors (Lipinski definition) is 5. The highest BCUT2D eigenvalue weighted by molar-refractivity contribution is 6.02. The van der Waals surface area contributed by atoms with Crippen molar-refractivity contribution in [2.75, 3.05) is 20.2 Å². The fourth-order valence-corrected chi connectivity index (χ4v) is 4.88. The Labute approximate surface area is 228 Å². The van der Waals surface area contributed by atoms with Crippen molar-refractivity contribution in [3.63, 3.8) is 0 Å². The number of nitrogen functional groups attached to an aromatic ring is 1. The van der Waals surface area contributed by atoms with E-state index in [9.17, 15) is 14.4 Å². The standard InChI is InChI=1S/C29H32N4O4.ClH/c1-37-26(34)17-24-16-25(33(29(24)36)13-5-8-19-6-3-2-4-7-19)18-32-28(35)22-12-10-20-9-11-21(27(30)31)14-23(20)15-22;/h2-4,6-7,9-12,14-15,24-25H,5,8,13,16-18H2,1H3,(H3,30,31)(H,32,35);1H/t24-,25-;/m0./s1. The van der Waals surface area contributed by atoms with Crippen molar-refractivity contribution >= 4 is 46.8 Å². The first kappa shape index (κ1) is 28.7. The van der Waals surface area contributed by atoms with Crippen molar-refractivity contribution in [1.82, 2.24) is 10.2 Å². The van der Waals surface area contributed by atoms with Crippen molar-refractivity contribution < 1.29 is 19.1 Å². The van der Waals surface area contributed by atoms with Crippen LogP contribution in [0, 0.1) is 11.3 Å². The van der Waals surface area contributed by atoms with Crippen molar-refractivity contribution in [2.24, 2.45) is 11.7 Å². The first-order valence-corrected chi connectivity index (χ1v) is 12.4. The number of rotatable bonds is 10. The smallest absolute Gasteiger partial charge is 0.306 e. The third kappa shape index (κ3) is 6.89. The van der Waals surface area contributed by atoms with E-state index in [4.69, 9.17) is 15.9 Å². The Morgan fingerprint density at radius 1 is 1.05 bits per heavy atom. The normalized spacial score (nSPS) is 16.7. The van der Waals surface area contributed by atoms with E-state index in [0.717, 1.165) is 23.6 Å². The fraction of sp³-hybridized carbons (Fsp3) is 0.310. The quantitative estimate of drug-likeness (QED) is 0.207. The lowest BCUT2D eigenvalue weighted by Gasteiger charge is -2.25. The molecule has 2 atom stereocenters. The molecule has 3 aromatic carbocycles. The predicted molar refractivity (Wildman–Crippen MR) is 150 cm³/mol. The number of amidine groups is 1. The number of benzene rings is 3. The van der Waals surface area contributed by atoms with E-state index in [-0.39, 0.29) is 42.5 Å². The van der Waals surface area contributed by atoms with Gasteiger partial charge in [0.1, 0.15) is 5.84 Å². The molecule has 4 rings (SSSR count). The number of nitrogens with two attached hydrogens (primary N) is 1. The Hall–Kier alpha value is -3.91. The van der Waals surface area contributed by atoms with Crippen LogP contribution in [0.5, 0.6) is 0 Å². The molecule has 0 unspecified atom stereocenters. The number of aryl methyl sites for hydroxylation is 1. The summed E-state index contributed by atoms with van der Waals surface area (Å²) in [6, 6.07) is 20.7. The molecule has 8 nitrogen and oxygen atoms in total. The van der Waals surface area contributed by atoms with Gasteiger partial charge < -0.3 is 20.7 Å². The SMILES string of the molecule is COC(=O)C[C@@H]1C[C@@H](CNC(=O)c2ccc3ccc(C(=N)N)cc3c2)N(CCCc2ccccc2)C1=O.Cl. The zero-order valence-electron chi connectivity index (χ0n) is 21.3. The molecule has 9 heteroatoms. The summed E-state index contributed by atoms with van der Waals surface area (Å²) in [5, 5.41) is 12.4. The van der Waals surface area contributed by atoms with Gasteiger partial charge >= 0.3 is 5.97 Å². The maximum absolute atomic E-state index is 13.1. The van der Waals surface area contributed by atoms with Crippen molar-refractivity contribution in [3.8, 4) is 0 Å². The van der Waals surface area contributed by atoms with Crippen LogP contribution in [-0.4, -0.2) is 54.8 Å². The van der Waals surface area contributed by atoms with E-state index in [1.54, 1.807) is 29.2 Å². The second-order valence-corrected chi connectivity index (χ2v) is 9.39. The van der Waals surface area contributed by atoms with E-state index in [1.807, 2.05) is 30.3 Å². The molecule has 0 spiro atoms. The zero-order chi connectivity index (χ0) is 26.4. The summed E-state index contributed by atoms with van der Waals surface area (Å²) in [4.78, 5) is 39.8. The maximum atomic E-state index is 13.1. The Kier molecular flexibility index (Phi) is 9.85. The van der Waals surface area contributed by atoms with Gasteiger partial charge in [0.25, 0.3) is 5.91 Å². The zero-order valence-corrected chi connectivity index (χ0v) is 22.1. The number of fused-ring (bicyclic) bond motifs is 1. The van der Waals surface area contributed by atoms with Crippen LogP contribution in [0.1, 0.15) is 40.7 Å². The van der Waals surface area contributed by atoms with Gasteiger partial charge in [0.05, 0.1) is 19.4 Å². The van der Waals surface area contributed by atoms with Crippen molar-refractivity contribution in [2.45, 2.75) is 31.7 Å². The average Bonchev–Trinajstić information content (AvgIpc) is 3.20. The van der Waals surface area contributed by atoms with Gasteiger partial charge in [-0.2, -0.15) is 0 Å². The molecule has 1 heterocycles. The number of carbonyl (C=O) groups is 3. The number of halogens is 1. The highest BCUT2D eigenvalue weighted by atomic mass is 35.5. The molecule has 1 fully saturated rings. The summed E-state index contributed by atoms with van der Waals surface area (Å²) < 4.78 is 4.78. The number of ether oxygens (including phenoxy) is 1. The van der Waals surface area contributed by atoms with Crippen molar-refractivity contribution in [3.05, 3.63) is 83.4 Å². The van der Waals surface area contributed by atoms with E-state index < -0.39 is 11.9 Å². The summed E-state index contributed by atoms with van der Waals surface area (Å²) in [5.41, 5.74) is 7.89. The van der Waals surface area contributed by atoms with Crippen LogP contribution < -0.4 is 11.1 Å². The Morgan fingerprint density at radius 3 is 2.42 bits per heavy atom. The number of esters is 1. The monoisotopic (exact) mass is 536 g/mol. The van der Waals surface area contributed by atoms with E-state index in [1.165, 1.54) is 12.7 Å². The van der Waals surface area contributed by atoms with Gasteiger partial charge in [0.15, 0.2) is 0 Å². The van der Waals surface area contributed by atoms with Crippen molar-refractivity contribution in [1.29, 1.82) is 5.41 Å². The Morgan fingerprint density at radius 2 is 1.74 bits per heavy atom. The lowest BCUT2D eigenvalue weighted by atomic mass is 10.0. The van der Waals surface area contributed by atoms with E-state index in [2.05, 4.69) is 17.4 Å². The Bertz CT molecular complexity index is 1310. The van der Waals surface area contributed by atoms with Crippen LogP contribution in [0.25, 0.3) is 10.8 Å². The predicted octanol–water partition coefficient (Wildman–Crippen LogP) is 3.69. The molecule has 0 bridgehead atoms. The topological polar surface area (TPSA) is 126 Å². The molecule has 0 aliphatic carbocycles.